The molecule has 2 rings (SSSR count). The summed E-state index contributed by atoms with van der Waals surface area (Å²) < 4.78 is 5.27. The van der Waals surface area contributed by atoms with Crippen LogP contribution in [-0.4, -0.2) is 30.2 Å². The van der Waals surface area contributed by atoms with Crippen LogP contribution in [0.25, 0.3) is 0 Å². The summed E-state index contributed by atoms with van der Waals surface area (Å²) in [6.07, 6.45) is -0.426. The van der Waals surface area contributed by atoms with Gasteiger partial charge in [0.05, 0.1) is 13.2 Å². The Labute approximate surface area is 90.3 Å². The van der Waals surface area contributed by atoms with E-state index < -0.39 is 6.10 Å². The van der Waals surface area contributed by atoms with Crippen molar-refractivity contribution in [1.29, 1.82) is 0 Å². The standard InChI is InChI=1S/C12H17NO2/c1-3-13-7-9-5-4-6-11(15-2)12(9)10(14)8-13/h4-6,10,14H,3,7-8H2,1-2H3. The number of benzene rings is 1. The number of hydrogen-bond donors (Lipinski definition) is 1. The highest BCUT2D eigenvalue weighted by Crippen LogP contribution is 2.33. The van der Waals surface area contributed by atoms with E-state index in [1.807, 2.05) is 12.1 Å². The number of hydrogen-bond acceptors (Lipinski definition) is 3. The largest absolute Gasteiger partial charge is 0.496 e. The van der Waals surface area contributed by atoms with Gasteiger partial charge in [0.25, 0.3) is 0 Å². The third-order valence-corrected chi connectivity index (χ3v) is 2.98. The Balaban J connectivity index is 2.40. The fourth-order valence-corrected chi connectivity index (χ4v) is 2.17. The van der Waals surface area contributed by atoms with E-state index in [2.05, 4.69) is 17.9 Å². The average Bonchev–Trinajstić information content (AvgIpc) is 2.27. The molecule has 0 aliphatic carbocycles. The minimum atomic E-state index is -0.426. The molecule has 15 heavy (non-hydrogen) atoms. The van der Waals surface area contributed by atoms with Crippen LogP contribution in [0.3, 0.4) is 0 Å². The zero-order valence-corrected chi connectivity index (χ0v) is 9.23. The van der Waals surface area contributed by atoms with Crippen molar-refractivity contribution in [2.75, 3.05) is 20.2 Å². The molecule has 3 nitrogen and oxygen atoms in total. The molecule has 1 heterocycles. The van der Waals surface area contributed by atoms with Crippen LogP contribution in [0, 0.1) is 0 Å². The van der Waals surface area contributed by atoms with Crippen molar-refractivity contribution in [3.05, 3.63) is 29.3 Å². The van der Waals surface area contributed by atoms with Crippen LogP contribution in [0.15, 0.2) is 18.2 Å². The third-order valence-electron chi connectivity index (χ3n) is 2.98. The molecular formula is C12H17NO2. The molecule has 1 aliphatic rings. The quantitative estimate of drug-likeness (QED) is 0.799. The Morgan fingerprint density at radius 2 is 2.33 bits per heavy atom. The average molecular weight is 207 g/mol. The molecule has 82 valence electrons. The highest BCUT2D eigenvalue weighted by atomic mass is 16.5. The van der Waals surface area contributed by atoms with Gasteiger partial charge >= 0.3 is 0 Å². The summed E-state index contributed by atoms with van der Waals surface area (Å²) in [6, 6.07) is 5.94. The van der Waals surface area contributed by atoms with Crippen molar-refractivity contribution in [3.63, 3.8) is 0 Å². The molecule has 0 saturated carbocycles. The molecule has 0 aromatic heterocycles. The lowest BCUT2D eigenvalue weighted by Gasteiger charge is -2.32. The van der Waals surface area contributed by atoms with E-state index in [-0.39, 0.29) is 0 Å². The second-order valence-electron chi connectivity index (χ2n) is 3.88. The van der Waals surface area contributed by atoms with Crippen LogP contribution in [-0.2, 0) is 6.54 Å². The van der Waals surface area contributed by atoms with Crippen molar-refractivity contribution in [2.24, 2.45) is 0 Å². The van der Waals surface area contributed by atoms with Gasteiger partial charge in [-0.25, -0.2) is 0 Å². The molecule has 1 unspecified atom stereocenters. The van der Waals surface area contributed by atoms with E-state index >= 15 is 0 Å². The molecule has 0 radical (unpaired) electrons. The van der Waals surface area contributed by atoms with Gasteiger partial charge in [0, 0.05) is 18.7 Å². The Kier molecular flexibility index (Phi) is 2.93. The molecule has 1 atom stereocenters. The molecule has 1 aromatic rings. The maximum Gasteiger partial charge on any atom is 0.125 e. The molecular weight excluding hydrogens is 190 g/mol. The van der Waals surface area contributed by atoms with E-state index in [0.717, 1.165) is 24.4 Å². The van der Waals surface area contributed by atoms with Gasteiger partial charge in [0.2, 0.25) is 0 Å². The monoisotopic (exact) mass is 207 g/mol. The molecule has 3 heteroatoms. The summed E-state index contributed by atoms with van der Waals surface area (Å²) in [5.74, 6) is 0.802. The van der Waals surface area contributed by atoms with Crippen molar-refractivity contribution >= 4 is 0 Å². The molecule has 0 fully saturated rings. The first-order valence-electron chi connectivity index (χ1n) is 5.32. The van der Waals surface area contributed by atoms with Gasteiger partial charge in [-0.15, -0.1) is 0 Å². The van der Waals surface area contributed by atoms with E-state index in [4.69, 9.17) is 4.74 Å². The Bertz CT molecular complexity index is 351. The number of ether oxygens (including phenoxy) is 1. The molecule has 0 bridgehead atoms. The Morgan fingerprint density at radius 1 is 1.53 bits per heavy atom. The Morgan fingerprint density at radius 3 is 3.00 bits per heavy atom. The number of likely N-dealkylation sites (N-methyl/N-ethyl adjacent to an activating group) is 1. The zero-order valence-electron chi connectivity index (χ0n) is 9.23. The second-order valence-corrected chi connectivity index (χ2v) is 3.88. The van der Waals surface area contributed by atoms with Crippen molar-refractivity contribution < 1.29 is 9.84 Å². The maximum atomic E-state index is 10.1. The minimum absolute atomic E-state index is 0.426. The summed E-state index contributed by atoms with van der Waals surface area (Å²) in [6.45, 7) is 4.68. The van der Waals surface area contributed by atoms with Gasteiger partial charge in [-0.05, 0) is 18.2 Å². The summed E-state index contributed by atoms with van der Waals surface area (Å²) >= 11 is 0. The van der Waals surface area contributed by atoms with Crippen molar-refractivity contribution in [2.45, 2.75) is 19.6 Å². The molecule has 0 amide bonds. The van der Waals surface area contributed by atoms with Gasteiger partial charge in [-0.1, -0.05) is 19.1 Å². The van der Waals surface area contributed by atoms with Gasteiger partial charge in [-0.2, -0.15) is 0 Å². The maximum absolute atomic E-state index is 10.1. The summed E-state index contributed by atoms with van der Waals surface area (Å²) in [4.78, 5) is 2.23. The lowest BCUT2D eigenvalue weighted by atomic mass is 9.96. The van der Waals surface area contributed by atoms with Crippen LogP contribution in [0.4, 0.5) is 0 Å². The molecule has 1 N–H and O–H groups in total. The number of β-amino-alcohol motifs (C(OH)–C–C–N with tert-alkyl or cyclic N) is 1. The van der Waals surface area contributed by atoms with Crippen LogP contribution < -0.4 is 4.74 Å². The molecule has 0 spiro atoms. The van der Waals surface area contributed by atoms with Crippen molar-refractivity contribution in [1.82, 2.24) is 4.90 Å². The smallest absolute Gasteiger partial charge is 0.125 e. The molecule has 1 aromatic carbocycles. The normalized spacial score (nSPS) is 21.1. The van der Waals surface area contributed by atoms with E-state index in [9.17, 15) is 5.11 Å². The lowest BCUT2D eigenvalue weighted by molar-refractivity contribution is 0.0930. The number of fused-ring (bicyclic) bond motifs is 1. The topological polar surface area (TPSA) is 32.7 Å². The number of rotatable bonds is 2. The van der Waals surface area contributed by atoms with Gasteiger partial charge in [0.1, 0.15) is 5.75 Å². The highest BCUT2D eigenvalue weighted by Gasteiger charge is 2.25. The van der Waals surface area contributed by atoms with E-state index in [0.29, 0.717) is 6.54 Å². The third kappa shape index (κ3) is 1.85. The fourth-order valence-electron chi connectivity index (χ4n) is 2.17. The summed E-state index contributed by atoms with van der Waals surface area (Å²) in [5.41, 5.74) is 2.14. The zero-order chi connectivity index (χ0) is 10.8. The van der Waals surface area contributed by atoms with Crippen LogP contribution in [0.1, 0.15) is 24.2 Å². The van der Waals surface area contributed by atoms with Crippen LogP contribution in [0.2, 0.25) is 0 Å². The van der Waals surface area contributed by atoms with Crippen molar-refractivity contribution in [3.8, 4) is 5.75 Å². The van der Waals surface area contributed by atoms with E-state index in [1.54, 1.807) is 7.11 Å². The number of aliphatic hydroxyl groups is 1. The summed E-state index contributed by atoms with van der Waals surface area (Å²) in [7, 11) is 1.65. The van der Waals surface area contributed by atoms with Crippen LogP contribution >= 0.6 is 0 Å². The van der Waals surface area contributed by atoms with Gasteiger partial charge < -0.3 is 9.84 Å². The first-order chi connectivity index (χ1) is 7.26. The number of aliphatic hydroxyl groups excluding tert-OH is 1. The van der Waals surface area contributed by atoms with Gasteiger partial charge in [-0.3, -0.25) is 4.90 Å². The van der Waals surface area contributed by atoms with E-state index in [1.165, 1.54) is 5.56 Å². The first kappa shape index (κ1) is 10.5. The Hall–Kier alpha value is -1.06. The number of methoxy groups -OCH3 is 1. The molecule has 0 saturated heterocycles. The lowest BCUT2D eigenvalue weighted by Crippen LogP contribution is -2.33. The minimum Gasteiger partial charge on any atom is -0.496 e. The first-order valence-corrected chi connectivity index (χ1v) is 5.32. The second kappa shape index (κ2) is 4.21. The fraction of sp³-hybridized carbons (Fsp3) is 0.500. The predicted molar refractivity (Wildman–Crippen MR) is 58.9 cm³/mol. The number of nitrogens with zero attached hydrogens (tertiary/aromatic N) is 1. The van der Waals surface area contributed by atoms with Gasteiger partial charge in [0.15, 0.2) is 0 Å². The predicted octanol–water partition coefficient (Wildman–Crippen LogP) is 1.56. The van der Waals surface area contributed by atoms with Crippen LogP contribution in [0.5, 0.6) is 5.75 Å². The highest BCUT2D eigenvalue weighted by molar-refractivity contribution is 5.43. The SMILES string of the molecule is CCN1Cc2cccc(OC)c2C(O)C1. The summed E-state index contributed by atoms with van der Waals surface area (Å²) in [5, 5.41) is 10.1. The molecule has 1 aliphatic heterocycles.